The number of furan rings is 1. The zero-order valence-electron chi connectivity index (χ0n) is 17.7. The van der Waals surface area contributed by atoms with Crippen LogP contribution in [-0.2, 0) is 4.79 Å². The van der Waals surface area contributed by atoms with Crippen molar-refractivity contribution < 1.29 is 9.21 Å². The lowest BCUT2D eigenvalue weighted by Crippen LogP contribution is -2.45. The molecule has 1 amide bonds. The second-order valence-corrected chi connectivity index (χ2v) is 7.67. The van der Waals surface area contributed by atoms with Crippen LogP contribution in [0.2, 0.25) is 0 Å². The quantitative estimate of drug-likeness (QED) is 0.331. The molecule has 0 saturated carbocycles. The number of hydrogen-bond donors (Lipinski definition) is 2. The first kappa shape index (κ1) is 24.0. The molecular weight excluding hydrogens is 481 g/mol. The highest BCUT2D eigenvalue weighted by Gasteiger charge is 2.27. The van der Waals surface area contributed by atoms with E-state index in [0.29, 0.717) is 13.0 Å². The molecule has 0 spiro atoms. The third kappa shape index (κ3) is 6.87. The van der Waals surface area contributed by atoms with Crippen LogP contribution in [-0.4, -0.2) is 67.0 Å². The average molecular weight is 517 g/mol. The van der Waals surface area contributed by atoms with Crippen molar-refractivity contribution in [1.82, 2.24) is 20.4 Å². The molecule has 0 bridgehead atoms. The number of piperidine rings is 1. The van der Waals surface area contributed by atoms with Crippen LogP contribution < -0.4 is 10.6 Å². The lowest BCUT2D eigenvalue weighted by atomic mass is 10.1. The number of halogens is 1. The molecule has 3 heterocycles. The van der Waals surface area contributed by atoms with Gasteiger partial charge in [-0.05, 0) is 51.4 Å². The van der Waals surface area contributed by atoms with Crippen LogP contribution in [0.3, 0.4) is 0 Å². The van der Waals surface area contributed by atoms with Crippen LogP contribution in [0.15, 0.2) is 27.8 Å². The third-order valence-corrected chi connectivity index (χ3v) is 5.65. The molecule has 1 aromatic rings. The highest BCUT2D eigenvalue weighted by molar-refractivity contribution is 14.0. The Kier molecular flexibility index (Phi) is 10.3. The zero-order valence-corrected chi connectivity index (χ0v) is 20.1. The van der Waals surface area contributed by atoms with Crippen molar-refractivity contribution >= 4 is 35.8 Å². The normalized spacial score (nSPS) is 21.5. The molecule has 0 radical (unpaired) electrons. The molecule has 164 valence electrons. The van der Waals surface area contributed by atoms with E-state index in [1.54, 1.807) is 6.26 Å². The highest BCUT2D eigenvalue weighted by Crippen LogP contribution is 2.25. The highest BCUT2D eigenvalue weighted by atomic mass is 127. The SMILES string of the molecule is CCNC(=NCC(c1ccco1)N1CCCCC1)NC1CCN(C(=O)CC)C1.I. The monoisotopic (exact) mass is 517 g/mol. The van der Waals surface area contributed by atoms with Gasteiger partial charge in [0, 0.05) is 32.1 Å². The lowest BCUT2D eigenvalue weighted by Gasteiger charge is -2.32. The summed E-state index contributed by atoms with van der Waals surface area (Å²) in [6, 6.07) is 4.44. The molecule has 3 rings (SSSR count). The molecule has 8 heteroatoms. The minimum atomic E-state index is 0. The van der Waals surface area contributed by atoms with E-state index in [2.05, 4.69) is 28.5 Å². The maximum absolute atomic E-state index is 11.9. The molecule has 2 fully saturated rings. The summed E-state index contributed by atoms with van der Waals surface area (Å²) in [4.78, 5) is 21.3. The Morgan fingerprint density at radius 1 is 1.28 bits per heavy atom. The second-order valence-electron chi connectivity index (χ2n) is 7.67. The van der Waals surface area contributed by atoms with Crippen molar-refractivity contribution in [2.45, 2.75) is 58.0 Å². The summed E-state index contributed by atoms with van der Waals surface area (Å²) >= 11 is 0. The van der Waals surface area contributed by atoms with Gasteiger partial charge >= 0.3 is 0 Å². The van der Waals surface area contributed by atoms with Gasteiger partial charge in [-0.15, -0.1) is 24.0 Å². The molecule has 2 aliphatic rings. The van der Waals surface area contributed by atoms with Crippen molar-refractivity contribution in [2.75, 3.05) is 39.3 Å². The van der Waals surface area contributed by atoms with Crippen molar-refractivity contribution in [3.05, 3.63) is 24.2 Å². The van der Waals surface area contributed by atoms with E-state index in [0.717, 1.165) is 50.9 Å². The van der Waals surface area contributed by atoms with Gasteiger partial charge in [0.05, 0.1) is 18.8 Å². The Hall–Kier alpha value is -1.29. The van der Waals surface area contributed by atoms with Crippen LogP contribution >= 0.6 is 24.0 Å². The molecule has 29 heavy (non-hydrogen) atoms. The molecule has 1 aromatic heterocycles. The number of amides is 1. The summed E-state index contributed by atoms with van der Waals surface area (Å²) in [6.45, 7) is 9.25. The van der Waals surface area contributed by atoms with E-state index in [1.807, 2.05) is 17.9 Å². The third-order valence-electron chi connectivity index (χ3n) is 5.65. The summed E-state index contributed by atoms with van der Waals surface area (Å²) in [5.74, 6) is 2.04. The number of rotatable bonds is 7. The Labute approximate surface area is 191 Å². The molecule has 2 N–H and O–H groups in total. The Morgan fingerprint density at radius 3 is 2.72 bits per heavy atom. The van der Waals surface area contributed by atoms with Gasteiger partial charge in [-0.3, -0.25) is 14.7 Å². The fourth-order valence-corrected chi connectivity index (χ4v) is 4.12. The van der Waals surface area contributed by atoms with Crippen LogP contribution in [0.1, 0.15) is 57.8 Å². The summed E-state index contributed by atoms with van der Waals surface area (Å²) < 4.78 is 5.73. The minimum absolute atomic E-state index is 0. The van der Waals surface area contributed by atoms with Crippen LogP contribution in [0.5, 0.6) is 0 Å². The van der Waals surface area contributed by atoms with Crippen LogP contribution in [0, 0.1) is 0 Å². The molecule has 0 aliphatic carbocycles. The topological polar surface area (TPSA) is 73.1 Å². The van der Waals surface area contributed by atoms with Gasteiger partial charge in [-0.25, -0.2) is 0 Å². The predicted molar refractivity (Wildman–Crippen MR) is 127 cm³/mol. The van der Waals surface area contributed by atoms with Gasteiger partial charge in [0.15, 0.2) is 5.96 Å². The van der Waals surface area contributed by atoms with E-state index >= 15 is 0 Å². The van der Waals surface area contributed by atoms with E-state index in [-0.39, 0.29) is 42.0 Å². The number of carbonyl (C=O) groups is 1. The standard InChI is InChI=1S/C21H35N5O2.HI/c1-3-20(27)26-13-10-17(16-26)24-21(22-4-2)23-15-18(19-9-8-14-28-19)25-11-6-5-7-12-25;/h8-9,14,17-18H,3-7,10-13,15-16H2,1-2H3,(H2,22,23,24);1H. The maximum Gasteiger partial charge on any atom is 0.222 e. The maximum atomic E-state index is 11.9. The van der Waals surface area contributed by atoms with Crippen LogP contribution in [0.25, 0.3) is 0 Å². The number of hydrogen-bond acceptors (Lipinski definition) is 4. The number of likely N-dealkylation sites (tertiary alicyclic amines) is 2. The van der Waals surface area contributed by atoms with E-state index in [4.69, 9.17) is 9.41 Å². The van der Waals surface area contributed by atoms with Crippen LogP contribution in [0.4, 0.5) is 0 Å². The molecule has 2 saturated heterocycles. The van der Waals surface area contributed by atoms with Crippen molar-refractivity contribution in [3.8, 4) is 0 Å². The summed E-state index contributed by atoms with van der Waals surface area (Å²) in [5, 5.41) is 6.88. The largest absolute Gasteiger partial charge is 0.468 e. The fourth-order valence-electron chi connectivity index (χ4n) is 4.12. The fraction of sp³-hybridized carbons (Fsp3) is 0.714. The summed E-state index contributed by atoms with van der Waals surface area (Å²) in [5.41, 5.74) is 0. The van der Waals surface area contributed by atoms with Gasteiger partial charge in [-0.1, -0.05) is 13.3 Å². The van der Waals surface area contributed by atoms with Crippen molar-refractivity contribution in [3.63, 3.8) is 0 Å². The Balaban J connectivity index is 0.00000300. The summed E-state index contributed by atoms with van der Waals surface area (Å²) in [7, 11) is 0. The Morgan fingerprint density at radius 2 is 2.07 bits per heavy atom. The first-order valence-electron chi connectivity index (χ1n) is 10.8. The molecule has 2 unspecified atom stereocenters. The summed E-state index contributed by atoms with van der Waals surface area (Å²) in [6.07, 6.45) is 7.07. The van der Waals surface area contributed by atoms with Crippen molar-refractivity contribution in [1.29, 1.82) is 0 Å². The number of guanidine groups is 1. The lowest BCUT2D eigenvalue weighted by molar-refractivity contribution is -0.129. The van der Waals surface area contributed by atoms with Gasteiger partial charge < -0.3 is 20.0 Å². The smallest absolute Gasteiger partial charge is 0.222 e. The van der Waals surface area contributed by atoms with Gasteiger partial charge in [0.25, 0.3) is 0 Å². The number of nitrogens with one attached hydrogen (secondary N) is 2. The van der Waals surface area contributed by atoms with Crippen molar-refractivity contribution in [2.24, 2.45) is 4.99 Å². The van der Waals surface area contributed by atoms with E-state index in [1.165, 1.54) is 19.3 Å². The minimum Gasteiger partial charge on any atom is -0.468 e. The average Bonchev–Trinajstić information content (AvgIpc) is 3.41. The zero-order chi connectivity index (χ0) is 19.8. The molecule has 2 aliphatic heterocycles. The molecule has 0 aromatic carbocycles. The predicted octanol–water partition coefficient (Wildman–Crippen LogP) is 2.99. The van der Waals surface area contributed by atoms with Gasteiger partial charge in [0.1, 0.15) is 5.76 Å². The first-order valence-corrected chi connectivity index (χ1v) is 10.8. The molecule has 2 atom stereocenters. The number of aliphatic imine (C=N–C) groups is 1. The van der Waals surface area contributed by atoms with E-state index in [9.17, 15) is 4.79 Å². The molecule has 7 nitrogen and oxygen atoms in total. The van der Waals surface area contributed by atoms with Gasteiger partial charge in [-0.2, -0.15) is 0 Å². The molecular formula is C21H36IN5O2. The van der Waals surface area contributed by atoms with Gasteiger partial charge in [0.2, 0.25) is 5.91 Å². The number of carbonyl (C=O) groups excluding carboxylic acids is 1. The Bertz CT molecular complexity index is 631. The first-order chi connectivity index (χ1) is 13.7. The second kappa shape index (κ2) is 12.4. The number of nitrogens with zero attached hydrogens (tertiary/aromatic N) is 3. The van der Waals surface area contributed by atoms with E-state index < -0.39 is 0 Å².